The molecule has 1 fully saturated rings. The molecule has 0 unspecified atom stereocenters. The number of benzene rings is 1. The van der Waals surface area contributed by atoms with Crippen LogP contribution in [0.3, 0.4) is 0 Å². The second-order valence-corrected chi connectivity index (χ2v) is 8.60. The van der Waals surface area contributed by atoms with E-state index in [1.54, 1.807) is 18.2 Å². The van der Waals surface area contributed by atoms with Gasteiger partial charge in [-0.1, -0.05) is 24.6 Å². The van der Waals surface area contributed by atoms with Crippen molar-refractivity contribution in [3.05, 3.63) is 42.5 Å². The average molecular weight is 393 g/mol. The molecule has 0 spiro atoms. The number of carbonyl (C=O) groups is 1. The number of sulfonamides is 1. The van der Waals surface area contributed by atoms with E-state index in [0.717, 1.165) is 19.3 Å². The standard InChI is InChI=1S/C20H28N2O4S/c1-4-5-7-10-20(23)21-18-15-17(11-12-19(18)26-16(2)3)27(24,25)22-13-8-6-9-14-22/h4-5,7,10-12,15-16H,6,8-9,13-14H2,1-3H3,(H,21,23)/b5-4+,10-7+. The smallest absolute Gasteiger partial charge is 0.248 e. The van der Waals surface area contributed by atoms with Crippen LogP contribution in [0.5, 0.6) is 5.75 Å². The normalized spacial score (nSPS) is 16.3. The molecule has 0 radical (unpaired) electrons. The average Bonchev–Trinajstić information content (AvgIpc) is 2.63. The largest absolute Gasteiger partial charge is 0.489 e. The lowest BCUT2D eigenvalue weighted by Crippen LogP contribution is -2.35. The number of rotatable bonds is 7. The van der Waals surface area contributed by atoms with Crippen LogP contribution in [-0.2, 0) is 14.8 Å². The number of anilines is 1. The summed E-state index contributed by atoms with van der Waals surface area (Å²) in [6, 6.07) is 4.61. The first-order valence-electron chi connectivity index (χ1n) is 9.26. The molecule has 0 bridgehead atoms. The Morgan fingerprint density at radius 1 is 1.19 bits per heavy atom. The van der Waals surface area contributed by atoms with Gasteiger partial charge in [-0.2, -0.15) is 4.31 Å². The van der Waals surface area contributed by atoms with Gasteiger partial charge in [-0.15, -0.1) is 0 Å². The minimum atomic E-state index is -3.59. The van der Waals surface area contributed by atoms with Crippen LogP contribution in [0.25, 0.3) is 0 Å². The summed E-state index contributed by atoms with van der Waals surface area (Å²) < 4.78 is 33.1. The number of hydrogen-bond acceptors (Lipinski definition) is 4. The summed E-state index contributed by atoms with van der Waals surface area (Å²) in [6.07, 6.45) is 9.22. The Labute approximate surface area is 162 Å². The van der Waals surface area contributed by atoms with Crippen LogP contribution in [0.15, 0.2) is 47.4 Å². The van der Waals surface area contributed by atoms with Gasteiger partial charge in [0.1, 0.15) is 5.75 Å². The summed E-state index contributed by atoms with van der Waals surface area (Å²) in [5.74, 6) is 0.0876. The van der Waals surface area contributed by atoms with Gasteiger partial charge in [0.15, 0.2) is 0 Å². The second kappa shape index (κ2) is 9.71. The first-order valence-corrected chi connectivity index (χ1v) is 10.7. The molecular formula is C20H28N2O4S. The molecule has 0 atom stereocenters. The fraction of sp³-hybridized carbons (Fsp3) is 0.450. The third-order valence-corrected chi connectivity index (χ3v) is 5.97. The van der Waals surface area contributed by atoms with Crippen molar-refractivity contribution in [1.82, 2.24) is 4.31 Å². The van der Waals surface area contributed by atoms with Crippen molar-refractivity contribution < 1.29 is 17.9 Å². The zero-order chi connectivity index (χ0) is 19.9. The highest BCUT2D eigenvalue weighted by Gasteiger charge is 2.27. The van der Waals surface area contributed by atoms with Crippen LogP contribution >= 0.6 is 0 Å². The first-order chi connectivity index (χ1) is 12.8. The topological polar surface area (TPSA) is 75.7 Å². The second-order valence-electron chi connectivity index (χ2n) is 6.66. The van der Waals surface area contributed by atoms with Crippen molar-refractivity contribution in [2.24, 2.45) is 0 Å². The van der Waals surface area contributed by atoms with Gasteiger partial charge >= 0.3 is 0 Å². The van der Waals surface area contributed by atoms with Crippen LogP contribution in [0.1, 0.15) is 40.0 Å². The Bertz CT molecular complexity index is 807. The van der Waals surface area contributed by atoms with Gasteiger partial charge < -0.3 is 10.1 Å². The fourth-order valence-corrected chi connectivity index (χ4v) is 4.35. The van der Waals surface area contributed by atoms with E-state index in [2.05, 4.69) is 5.32 Å². The van der Waals surface area contributed by atoms with Gasteiger partial charge in [-0.25, -0.2) is 8.42 Å². The van der Waals surface area contributed by atoms with E-state index in [0.29, 0.717) is 24.5 Å². The Kier molecular flexibility index (Phi) is 7.62. The summed E-state index contributed by atoms with van der Waals surface area (Å²) in [5.41, 5.74) is 0.344. The Morgan fingerprint density at radius 2 is 1.89 bits per heavy atom. The third-order valence-electron chi connectivity index (χ3n) is 4.08. The van der Waals surface area contributed by atoms with E-state index < -0.39 is 10.0 Å². The quantitative estimate of drug-likeness (QED) is 0.567. The number of carbonyl (C=O) groups excluding carboxylic acids is 1. The molecule has 27 heavy (non-hydrogen) atoms. The molecule has 1 amide bonds. The number of ether oxygens (including phenoxy) is 1. The lowest BCUT2D eigenvalue weighted by Gasteiger charge is -2.26. The summed E-state index contributed by atoms with van der Waals surface area (Å²) in [6.45, 7) is 6.65. The molecule has 0 aromatic heterocycles. The molecule has 7 heteroatoms. The molecule has 1 aliphatic heterocycles. The fourth-order valence-electron chi connectivity index (χ4n) is 2.81. The van der Waals surface area contributed by atoms with Crippen LogP contribution in [0, 0.1) is 0 Å². The monoisotopic (exact) mass is 392 g/mol. The minimum absolute atomic E-state index is 0.108. The third kappa shape index (κ3) is 5.94. The molecule has 0 saturated carbocycles. The van der Waals surface area contributed by atoms with Crippen molar-refractivity contribution in [2.45, 2.75) is 51.0 Å². The Hall–Kier alpha value is -2.12. The Morgan fingerprint density at radius 3 is 2.52 bits per heavy atom. The summed E-state index contributed by atoms with van der Waals surface area (Å²) in [4.78, 5) is 12.3. The van der Waals surface area contributed by atoms with E-state index >= 15 is 0 Å². The molecular weight excluding hydrogens is 364 g/mol. The maximum Gasteiger partial charge on any atom is 0.248 e. The summed E-state index contributed by atoms with van der Waals surface area (Å²) >= 11 is 0. The summed E-state index contributed by atoms with van der Waals surface area (Å²) in [7, 11) is -3.59. The summed E-state index contributed by atoms with van der Waals surface area (Å²) in [5, 5.41) is 2.72. The van der Waals surface area contributed by atoms with E-state index in [9.17, 15) is 13.2 Å². The molecule has 1 heterocycles. The van der Waals surface area contributed by atoms with E-state index in [1.807, 2.05) is 26.8 Å². The zero-order valence-electron chi connectivity index (χ0n) is 16.1. The molecule has 1 aromatic carbocycles. The van der Waals surface area contributed by atoms with Crippen LogP contribution in [-0.4, -0.2) is 37.8 Å². The van der Waals surface area contributed by atoms with Gasteiger partial charge in [-0.3, -0.25) is 4.79 Å². The molecule has 2 rings (SSSR count). The van der Waals surface area contributed by atoms with Crippen LogP contribution in [0.4, 0.5) is 5.69 Å². The SMILES string of the molecule is C/C=C/C=C/C(=O)Nc1cc(S(=O)(=O)N2CCCCC2)ccc1OC(C)C. The maximum atomic E-state index is 12.9. The lowest BCUT2D eigenvalue weighted by molar-refractivity contribution is -0.111. The highest BCUT2D eigenvalue weighted by atomic mass is 32.2. The molecule has 1 saturated heterocycles. The van der Waals surface area contributed by atoms with Gasteiger partial charge in [0, 0.05) is 19.2 Å². The van der Waals surface area contributed by atoms with Crippen molar-refractivity contribution in [1.29, 1.82) is 0 Å². The van der Waals surface area contributed by atoms with Crippen molar-refractivity contribution in [2.75, 3.05) is 18.4 Å². The predicted molar refractivity (Wildman–Crippen MR) is 107 cm³/mol. The van der Waals surface area contributed by atoms with Crippen LogP contribution in [0.2, 0.25) is 0 Å². The number of nitrogens with zero attached hydrogens (tertiary/aromatic N) is 1. The molecule has 1 aliphatic rings. The Balaban J connectivity index is 2.33. The highest BCUT2D eigenvalue weighted by Crippen LogP contribution is 2.31. The number of allylic oxidation sites excluding steroid dienone is 3. The molecule has 1 aromatic rings. The number of nitrogens with one attached hydrogen (secondary N) is 1. The van der Waals surface area contributed by atoms with Crippen molar-refractivity contribution in [3.63, 3.8) is 0 Å². The molecule has 1 N–H and O–H groups in total. The maximum absolute atomic E-state index is 12.9. The highest BCUT2D eigenvalue weighted by molar-refractivity contribution is 7.89. The number of hydrogen-bond donors (Lipinski definition) is 1. The van der Waals surface area contributed by atoms with Crippen molar-refractivity contribution >= 4 is 21.6 Å². The number of piperidine rings is 1. The zero-order valence-corrected chi connectivity index (χ0v) is 17.0. The van der Waals surface area contributed by atoms with E-state index in [4.69, 9.17) is 4.74 Å². The molecule has 0 aliphatic carbocycles. The van der Waals surface area contributed by atoms with Gasteiger partial charge in [-0.05, 0) is 51.8 Å². The number of amides is 1. The van der Waals surface area contributed by atoms with Gasteiger partial charge in [0.25, 0.3) is 0 Å². The minimum Gasteiger partial charge on any atom is -0.489 e. The predicted octanol–water partition coefficient (Wildman–Crippen LogP) is 3.72. The van der Waals surface area contributed by atoms with E-state index in [1.165, 1.54) is 22.5 Å². The van der Waals surface area contributed by atoms with Gasteiger partial charge in [0.05, 0.1) is 16.7 Å². The molecule has 6 nitrogen and oxygen atoms in total. The lowest BCUT2D eigenvalue weighted by atomic mass is 10.2. The molecule has 148 valence electrons. The first kappa shape index (κ1) is 21.2. The van der Waals surface area contributed by atoms with Crippen LogP contribution < -0.4 is 10.1 Å². The van der Waals surface area contributed by atoms with Gasteiger partial charge in [0.2, 0.25) is 15.9 Å². The van der Waals surface area contributed by atoms with Crippen molar-refractivity contribution in [3.8, 4) is 5.75 Å². The van der Waals surface area contributed by atoms with E-state index in [-0.39, 0.29) is 16.9 Å².